The first-order chi connectivity index (χ1) is 7.41. The summed E-state index contributed by atoms with van der Waals surface area (Å²) in [4.78, 5) is 4.20. The molecule has 0 aromatic carbocycles. The number of aliphatic imine (C=N–C) groups is 1. The average Bonchev–Trinajstić information content (AvgIpc) is 2.16. The third-order valence-electron chi connectivity index (χ3n) is 2.42. The molecule has 1 aliphatic heterocycles. The molecule has 0 bridgehead atoms. The van der Waals surface area contributed by atoms with E-state index in [-0.39, 0.29) is 0 Å². The number of aliphatic hydroxyl groups is 1. The van der Waals surface area contributed by atoms with Crippen LogP contribution in [0.4, 0.5) is 0 Å². The Morgan fingerprint density at radius 1 is 1.31 bits per heavy atom. The Balaban J connectivity index is 2.77. The van der Waals surface area contributed by atoms with Gasteiger partial charge in [-0.2, -0.15) is 0 Å². The minimum absolute atomic E-state index is 0.386. The summed E-state index contributed by atoms with van der Waals surface area (Å²) in [5.41, 5.74) is 1.13. The van der Waals surface area contributed by atoms with Crippen LogP contribution in [0.5, 0.6) is 0 Å². The third-order valence-corrected chi connectivity index (χ3v) is 2.42. The number of rotatable bonds is 4. The van der Waals surface area contributed by atoms with Crippen molar-refractivity contribution in [3.63, 3.8) is 0 Å². The Morgan fingerprint density at radius 2 is 1.88 bits per heavy atom. The maximum absolute atomic E-state index is 11.8. The fourth-order valence-corrected chi connectivity index (χ4v) is 1.71. The highest BCUT2D eigenvalue weighted by Gasteiger charge is 2.21. The maximum Gasteiger partial charge on any atom is 0.156 e. The van der Waals surface area contributed by atoms with Crippen molar-refractivity contribution >= 4 is 5.71 Å². The number of allylic oxidation sites excluding steroid dienone is 1. The predicted octanol–water partition coefficient (Wildman–Crippen LogP) is 2.49. The number of aliphatic hydroxyl groups excluding tert-OH is 1. The maximum atomic E-state index is 11.8. The molecule has 0 radical (unpaired) electrons. The molecule has 4 nitrogen and oxygen atoms in total. The molecule has 0 aromatic heterocycles. The molecule has 4 heteroatoms. The van der Waals surface area contributed by atoms with Gasteiger partial charge in [-0.1, -0.05) is 27.7 Å². The monoisotopic (exact) mass is 225 g/mol. The van der Waals surface area contributed by atoms with Crippen LogP contribution in [0.25, 0.3) is 0 Å². The van der Waals surface area contributed by atoms with E-state index in [4.69, 9.17) is 0 Å². The van der Waals surface area contributed by atoms with Crippen molar-refractivity contribution in [3.05, 3.63) is 17.1 Å². The van der Waals surface area contributed by atoms with E-state index in [2.05, 4.69) is 4.99 Å². The molecule has 1 heterocycles. The van der Waals surface area contributed by atoms with Crippen LogP contribution < -0.4 is 0 Å². The highest BCUT2D eigenvalue weighted by molar-refractivity contribution is 5.89. The standard InChI is InChI=1S/C12H21N2O2/c1-8(2)5-10-7-13-11(6-9(3)4)12(15)14(10)16/h7-9,12,15H,5-6H2,1-4H3/q-1. The van der Waals surface area contributed by atoms with Gasteiger partial charge in [0.05, 0.1) is 5.71 Å². The second-order valence-corrected chi connectivity index (χ2v) is 5.14. The Morgan fingerprint density at radius 3 is 2.38 bits per heavy atom. The second-order valence-electron chi connectivity index (χ2n) is 5.14. The van der Waals surface area contributed by atoms with Crippen LogP contribution in [0, 0.1) is 17.0 Å². The lowest BCUT2D eigenvalue weighted by Crippen LogP contribution is -2.39. The number of nitrogens with zero attached hydrogens (tertiary/aromatic N) is 2. The smallest absolute Gasteiger partial charge is 0.156 e. The van der Waals surface area contributed by atoms with Gasteiger partial charge < -0.3 is 15.4 Å². The Bertz CT molecular complexity index is 265. The molecule has 0 aromatic rings. The van der Waals surface area contributed by atoms with E-state index >= 15 is 0 Å². The zero-order chi connectivity index (χ0) is 12.3. The highest BCUT2D eigenvalue weighted by Crippen LogP contribution is 2.22. The molecule has 0 saturated heterocycles. The first-order valence-corrected chi connectivity index (χ1v) is 5.81. The van der Waals surface area contributed by atoms with E-state index in [1.54, 1.807) is 6.20 Å². The molecule has 0 spiro atoms. The summed E-state index contributed by atoms with van der Waals surface area (Å²) in [5.74, 6) is 0.776. The SMILES string of the molecule is CC(C)CC1=CN=C(CC(C)C)C(O)N1[O-]. The molecule has 0 saturated carbocycles. The van der Waals surface area contributed by atoms with Gasteiger partial charge >= 0.3 is 0 Å². The summed E-state index contributed by atoms with van der Waals surface area (Å²) in [5, 5.41) is 22.3. The van der Waals surface area contributed by atoms with E-state index in [0.29, 0.717) is 41.1 Å². The van der Waals surface area contributed by atoms with Gasteiger partial charge in [0, 0.05) is 11.9 Å². The summed E-state index contributed by atoms with van der Waals surface area (Å²) in [7, 11) is 0. The predicted molar refractivity (Wildman–Crippen MR) is 65.6 cm³/mol. The molecular weight excluding hydrogens is 204 g/mol. The lowest BCUT2D eigenvalue weighted by molar-refractivity contribution is 0.112. The molecule has 1 aliphatic rings. The van der Waals surface area contributed by atoms with Crippen molar-refractivity contribution in [2.45, 2.75) is 46.8 Å². The minimum atomic E-state index is -1.10. The number of hydrogen-bond acceptors (Lipinski definition) is 4. The first kappa shape index (κ1) is 13.2. The van der Waals surface area contributed by atoms with E-state index in [9.17, 15) is 10.3 Å². The molecular formula is C12H21N2O2-. The summed E-state index contributed by atoms with van der Waals surface area (Å²) in [6.45, 7) is 8.15. The summed E-state index contributed by atoms with van der Waals surface area (Å²) in [6, 6.07) is 0. The van der Waals surface area contributed by atoms with Gasteiger partial charge in [0.1, 0.15) is 0 Å². The fraction of sp³-hybridized carbons (Fsp3) is 0.750. The van der Waals surface area contributed by atoms with Crippen LogP contribution >= 0.6 is 0 Å². The van der Waals surface area contributed by atoms with Gasteiger partial charge in [0.25, 0.3) is 0 Å². The van der Waals surface area contributed by atoms with Crippen molar-refractivity contribution in [3.8, 4) is 0 Å². The van der Waals surface area contributed by atoms with Crippen LogP contribution in [0.15, 0.2) is 16.9 Å². The van der Waals surface area contributed by atoms with Gasteiger partial charge in [0.2, 0.25) is 0 Å². The molecule has 1 N–H and O–H groups in total. The summed E-state index contributed by atoms with van der Waals surface area (Å²) >= 11 is 0. The summed E-state index contributed by atoms with van der Waals surface area (Å²) < 4.78 is 0. The average molecular weight is 225 g/mol. The molecule has 1 unspecified atom stereocenters. The van der Waals surface area contributed by atoms with Crippen LogP contribution in [0.3, 0.4) is 0 Å². The minimum Gasteiger partial charge on any atom is -0.756 e. The van der Waals surface area contributed by atoms with Crippen LogP contribution in [0.2, 0.25) is 0 Å². The Kier molecular flexibility index (Phi) is 4.50. The molecule has 0 fully saturated rings. The second kappa shape index (κ2) is 5.46. The van der Waals surface area contributed by atoms with Gasteiger partial charge in [0.15, 0.2) is 6.23 Å². The van der Waals surface area contributed by atoms with Gasteiger partial charge in [-0.25, -0.2) is 0 Å². The van der Waals surface area contributed by atoms with Gasteiger partial charge in [-0.3, -0.25) is 4.99 Å². The van der Waals surface area contributed by atoms with Crippen molar-refractivity contribution in [1.82, 2.24) is 5.06 Å². The van der Waals surface area contributed by atoms with E-state index in [1.807, 2.05) is 27.7 Å². The van der Waals surface area contributed by atoms with Crippen molar-refractivity contribution in [1.29, 1.82) is 0 Å². The van der Waals surface area contributed by atoms with Crippen LogP contribution in [-0.4, -0.2) is 22.1 Å². The number of hydroxylamine groups is 2. The molecule has 16 heavy (non-hydrogen) atoms. The normalized spacial score (nSPS) is 21.5. The Labute approximate surface area is 97.3 Å². The highest BCUT2D eigenvalue weighted by atomic mass is 16.5. The van der Waals surface area contributed by atoms with Crippen molar-refractivity contribution in [2.24, 2.45) is 16.8 Å². The van der Waals surface area contributed by atoms with Crippen molar-refractivity contribution < 1.29 is 5.11 Å². The topological polar surface area (TPSA) is 58.9 Å². The number of hydrogen-bond donors (Lipinski definition) is 1. The zero-order valence-electron chi connectivity index (χ0n) is 10.5. The van der Waals surface area contributed by atoms with Crippen LogP contribution in [0.1, 0.15) is 40.5 Å². The van der Waals surface area contributed by atoms with Gasteiger partial charge in [-0.05, 0) is 24.7 Å². The first-order valence-electron chi connectivity index (χ1n) is 5.81. The van der Waals surface area contributed by atoms with E-state index in [1.165, 1.54) is 0 Å². The largest absolute Gasteiger partial charge is 0.756 e. The zero-order valence-corrected chi connectivity index (χ0v) is 10.5. The lowest BCUT2D eigenvalue weighted by Gasteiger charge is -2.41. The van der Waals surface area contributed by atoms with E-state index in [0.717, 1.165) is 0 Å². The van der Waals surface area contributed by atoms with Crippen molar-refractivity contribution in [2.75, 3.05) is 0 Å². The van der Waals surface area contributed by atoms with E-state index < -0.39 is 6.23 Å². The molecule has 0 amide bonds. The Hall–Kier alpha value is -0.870. The molecule has 1 rings (SSSR count). The molecule has 1 atom stereocenters. The quantitative estimate of drug-likeness (QED) is 0.799. The third kappa shape index (κ3) is 3.32. The summed E-state index contributed by atoms with van der Waals surface area (Å²) in [6.07, 6.45) is 1.81. The lowest BCUT2D eigenvalue weighted by atomic mass is 10.0. The van der Waals surface area contributed by atoms with Crippen LogP contribution in [-0.2, 0) is 0 Å². The molecule has 92 valence electrons. The fourth-order valence-electron chi connectivity index (χ4n) is 1.71. The molecule has 0 aliphatic carbocycles. The van der Waals surface area contributed by atoms with Gasteiger partial charge in [-0.15, -0.1) is 0 Å².